The summed E-state index contributed by atoms with van der Waals surface area (Å²) in [4.78, 5) is 0. The molecule has 0 heterocycles. The van der Waals surface area contributed by atoms with Crippen molar-refractivity contribution in [2.45, 2.75) is 104 Å². The van der Waals surface area contributed by atoms with Gasteiger partial charge < -0.3 is 5.73 Å². The molecule has 2 rings (SSSR count). The van der Waals surface area contributed by atoms with Gasteiger partial charge in [0.2, 0.25) is 0 Å². The molecular weight excluding hydrogens is 326 g/mol. The van der Waals surface area contributed by atoms with Crippen molar-refractivity contribution in [2.24, 2.45) is 23.5 Å². The standard InChI is InChI=1S/C26H45N/c1-5-10-26(19-27)25-16-15-23-17-21(13-14-24(23)18-25)12-9-8-11-20(4)22(6-2)7-3/h15-16,18,20-22,26H,5-14,17,19,27H2,1-4H3/t20?,21-,26?/m0/s1. The molecule has 0 aromatic heterocycles. The minimum atomic E-state index is 0.551. The molecule has 1 aromatic carbocycles. The van der Waals surface area contributed by atoms with E-state index in [1.165, 1.54) is 76.2 Å². The highest BCUT2D eigenvalue weighted by atomic mass is 14.5. The third-order valence-electron chi connectivity index (χ3n) is 7.33. The largest absolute Gasteiger partial charge is 0.330 e. The zero-order chi connectivity index (χ0) is 19.6. The molecular formula is C26H45N. The first-order valence-electron chi connectivity index (χ1n) is 11.9. The van der Waals surface area contributed by atoms with Gasteiger partial charge in [-0.25, -0.2) is 0 Å². The number of rotatable bonds is 12. The number of hydrogen-bond acceptors (Lipinski definition) is 1. The second-order valence-electron chi connectivity index (χ2n) is 9.20. The Labute approximate surface area is 169 Å². The van der Waals surface area contributed by atoms with E-state index in [-0.39, 0.29) is 0 Å². The Morgan fingerprint density at radius 1 is 1.04 bits per heavy atom. The van der Waals surface area contributed by atoms with Crippen molar-refractivity contribution < 1.29 is 0 Å². The van der Waals surface area contributed by atoms with Crippen LogP contribution in [0.1, 0.15) is 108 Å². The first kappa shape index (κ1) is 22.5. The maximum absolute atomic E-state index is 6.01. The number of hydrogen-bond donors (Lipinski definition) is 1. The lowest BCUT2D eigenvalue weighted by Crippen LogP contribution is -2.17. The molecule has 0 saturated carbocycles. The zero-order valence-corrected chi connectivity index (χ0v) is 18.6. The Balaban J connectivity index is 1.79. The van der Waals surface area contributed by atoms with E-state index >= 15 is 0 Å². The van der Waals surface area contributed by atoms with E-state index in [4.69, 9.17) is 5.73 Å². The summed E-state index contributed by atoms with van der Waals surface area (Å²) in [5, 5.41) is 0. The van der Waals surface area contributed by atoms with Crippen molar-refractivity contribution in [1.82, 2.24) is 0 Å². The van der Waals surface area contributed by atoms with Crippen molar-refractivity contribution in [3.63, 3.8) is 0 Å². The minimum absolute atomic E-state index is 0.551. The van der Waals surface area contributed by atoms with Gasteiger partial charge >= 0.3 is 0 Å². The van der Waals surface area contributed by atoms with E-state index in [1.807, 2.05) is 0 Å². The smallest absolute Gasteiger partial charge is 0.000824 e. The molecule has 1 aliphatic carbocycles. The summed E-state index contributed by atoms with van der Waals surface area (Å²) < 4.78 is 0. The molecule has 0 radical (unpaired) electrons. The summed E-state index contributed by atoms with van der Waals surface area (Å²) in [5.41, 5.74) is 10.7. The molecule has 3 atom stereocenters. The van der Waals surface area contributed by atoms with Gasteiger partial charge in [0.1, 0.15) is 0 Å². The van der Waals surface area contributed by atoms with E-state index in [9.17, 15) is 0 Å². The highest BCUT2D eigenvalue weighted by Crippen LogP contribution is 2.32. The lowest BCUT2D eigenvalue weighted by Gasteiger charge is -2.27. The summed E-state index contributed by atoms with van der Waals surface area (Å²) in [7, 11) is 0. The number of aryl methyl sites for hydroxylation is 1. The van der Waals surface area contributed by atoms with Crippen LogP contribution in [0.25, 0.3) is 0 Å². The van der Waals surface area contributed by atoms with E-state index in [2.05, 4.69) is 45.9 Å². The summed E-state index contributed by atoms with van der Waals surface area (Å²) in [6.45, 7) is 10.2. The Kier molecular flexibility index (Phi) is 9.90. The van der Waals surface area contributed by atoms with Crippen molar-refractivity contribution >= 4 is 0 Å². The number of fused-ring (bicyclic) bond motifs is 1. The van der Waals surface area contributed by atoms with Gasteiger partial charge in [-0.05, 0) is 72.6 Å². The molecule has 1 nitrogen and oxygen atoms in total. The molecule has 1 aliphatic rings. The normalized spacial score (nSPS) is 19.1. The van der Waals surface area contributed by atoms with Crippen LogP contribution in [0.5, 0.6) is 0 Å². The highest BCUT2D eigenvalue weighted by Gasteiger charge is 2.20. The molecule has 0 fully saturated rings. The molecule has 0 amide bonds. The second-order valence-corrected chi connectivity index (χ2v) is 9.20. The lowest BCUT2D eigenvalue weighted by molar-refractivity contribution is 0.303. The predicted octanol–water partition coefficient (Wildman–Crippen LogP) is 7.27. The first-order chi connectivity index (χ1) is 13.1. The van der Waals surface area contributed by atoms with Gasteiger partial charge in [0.15, 0.2) is 0 Å². The molecule has 1 heteroatoms. The summed E-state index contributed by atoms with van der Waals surface area (Å²) >= 11 is 0. The van der Waals surface area contributed by atoms with E-state index in [0.29, 0.717) is 5.92 Å². The second kappa shape index (κ2) is 11.9. The molecule has 1 aromatic rings. The molecule has 2 N–H and O–H groups in total. The molecule has 154 valence electrons. The third-order valence-corrected chi connectivity index (χ3v) is 7.33. The number of unbranched alkanes of at least 4 members (excludes halogenated alkanes) is 1. The predicted molar refractivity (Wildman–Crippen MR) is 120 cm³/mol. The van der Waals surface area contributed by atoms with Crippen molar-refractivity contribution in [3.05, 3.63) is 34.9 Å². The van der Waals surface area contributed by atoms with Crippen LogP contribution < -0.4 is 5.73 Å². The summed E-state index contributed by atoms with van der Waals surface area (Å²) in [6, 6.07) is 7.27. The Morgan fingerprint density at radius 3 is 2.48 bits per heavy atom. The zero-order valence-electron chi connectivity index (χ0n) is 18.6. The van der Waals surface area contributed by atoms with Crippen molar-refractivity contribution in [2.75, 3.05) is 6.54 Å². The molecule has 0 aliphatic heterocycles. The maximum Gasteiger partial charge on any atom is -0.000824 e. The Bertz CT molecular complexity index is 531. The van der Waals surface area contributed by atoms with Gasteiger partial charge in [0, 0.05) is 0 Å². The fourth-order valence-corrected chi connectivity index (χ4v) is 5.35. The van der Waals surface area contributed by atoms with Crippen molar-refractivity contribution in [1.29, 1.82) is 0 Å². The van der Waals surface area contributed by atoms with Crippen molar-refractivity contribution in [3.8, 4) is 0 Å². The Morgan fingerprint density at radius 2 is 1.81 bits per heavy atom. The number of nitrogens with two attached hydrogens (primary N) is 1. The van der Waals surface area contributed by atoms with E-state index in [1.54, 1.807) is 11.1 Å². The monoisotopic (exact) mass is 371 g/mol. The molecule has 0 spiro atoms. The summed E-state index contributed by atoms with van der Waals surface area (Å²) in [5.74, 6) is 3.30. The first-order valence-corrected chi connectivity index (χ1v) is 11.9. The fraction of sp³-hybridized carbons (Fsp3) is 0.769. The lowest BCUT2D eigenvalue weighted by atomic mass is 9.79. The van der Waals surface area contributed by atoms with Crippen LogP contribution in [0.2, 0.25) is 0 Å². The van der Waals surface area contributed by atoms with Crippen LogP contribution >= 0.6 is 0 Å². The fourth-order valence-electron chi connectivity index (χ4n) is 5.35. The van der Waals surface area contributed by atoms with Gasteiger partial charge in [0.05, 0.1) is 0 Å². The van der Waals surface area contributed by atoms with Gasteiger partial charge in [0.25, 0.3) is 0 Å². The third kappa shape index (κ3) is 6.63. The van der Waals surface area contributed by atoms with Crippen LogP contribution in [0.4, 0.5) is 0 Å². The molecule has 0 saturated heterocycles. The van der Waals surface area contributed by atoms with Crippen LogP contribution in [-0.4, -0.2) is 6.54 Å². The highest BCUT2D eigenvalue weighted by molar-refractivity contribution is 5.36. The quantitative estimate of drug-likeness (QED) is 0.384. The summed E-state index contributed by atoms with van der Waals surface area (Å²) in [6.07, 6.45) is 14.8. The molecule has 0 bridgehead atoms. The SMILES string of the molecule is CCCC(CN)c1ccc2c(c1)CC[C@H](CCCCC(C)C(CC)CC)C2. The van der Waals surface area contributed by atoms with Gasteiger partial charge in [-0.3, -0.25) is 0 Å². The topological polar surface area (TPSA) is 26.0 Å². The number of benzene rings is 1. The van der Waals surface area contributed by atoms with E-state index < -0.39 is 0 Å². The molecule has 27 heavy (non-hydrogen) atoms. The van der Waals surface area contributed by atoms with Crippen LogP contribution in [-0.2, 0) is 12.8 Å². The van der Waals surface area contributed by atoms with Crippen LogP contribution in [0, 0.1) is 17.8 Å². The average Bonchev–Trinajstić information content (AvgIpc) is 2.70. The average molecular weight is 372 g/mol. The van der Waals surface area contributed by atoms with E-state index in [0.717, 1.165) is 24.3 Å². The minimum Gasteiger partial charge on any atom is -0.330 e. The maximum atomic E-state index is 6.01. The molecule has 2 unspecified atom stereocenters. The van der Waals surface area contributed by atoms with Gasteiger partial charge in [-0.15, -0.1) is 0 Å². The van der Waals surface area contributed by atoms with Crippen LogP contribution in [0.15, 0.2) is 18.2 Å². The van der Waals surface area contributed by atoms with Gasteiger partial charge in [-0.2, -0.15) is 0 Å². The Hall–Kier alpha value is -0.820. The van der Waals surface area contributed by atoms with Gasteiger partial charge in [-0.1, -0.05) is 90.8 Å². The van der Waals surface area contributed by atoms with Crippen LogP contribution in [0.3, 0.4) is 0 Å².